The van der Waals surface area contributed by atoms with E-state index in [4.69, 9.17) is 4.98 Å². The second-order valence-electron chi connectivity index (χ2n) is 45.3. The molecule has 0 aliphatic heterocycles. The zero-order chi connectivity index (χ0) is 103. The van der Waals surface area contributed by atoms with Gasteiger partial charge in [-0.05, 0) is 80.2 Å². The van der Waals surface area contributed by atoms with Crippen LogP contribution in [0.15, 0.2) is 353 Å². The van der Waals surface area contributed by atoms with E-state index in [1.807, 2.05) is 201 Å². The van der Waals surface area contributed by atoms with E-state index < -0.39 is 85.4 Å². The number of pyridine rings is 8. The van der Waals surface area contributed by atoms with Gasteiger partial charge in [0.15, 0.2) is 0 Å². The van der Waals surface area contributed by atoms with Gasteiger partial charge >= 0.3 is 399 Å². The van der Waals surface area contributed by atoms with Crippen molar-refractivity contribution in [3.05, 3.63) is 413 Å². The number of benzene rings is 9. The minimum Gasteiger partial charge on any atom is 0 e. The smallest absolute Gasteiger partial charge is 0 e. The third-order valence-electron chi connectivity index (χ3n) is 24.8. The topological polar surface area (TPSA) is 103 Å². The molecule has 772 valence electrons. The summed E-state index contributed by atoms with van der Waals surface area (Å²) in [4.78, 5) is 36.7. The van der Waals surface area contributed by atoms with Gasteiger partial charge in [0.25, 0.3) is 0 Å². The van der Waals surface area contributed by atoms with Gasteiger partial charge in [-0.3, -0.25) is 0 Å². The zero-order valence-corrected chi connectivity index (χ0v) is 113. The number of hydrogen-bond donors (Lipinski definition) is 0. The van der Waals surface area contributed by atoms with Crippen LogP contribution in [0, 0.1) is 54.4 Å². The Morgan fingerprint density at radius 2 is 0.517 bits per heavy atom. The standard InChI is InChI=1S/C20H20NSi.C19H24NSi.C18H24NSi.4C14H16GeN.C14H16NSi.4Ir/c1-22(2,3)19-12-13-20(21-15-19)18-11-7-10-17(14-18)16-8-5-4-6-9-16;1-21(2,3)19-14-20-18(16-11-5-4-6-12-16)13-17(19)15-9-7-8-10-15;1-14(2)11-16-12-17(15-9-7-6-8-10-15)19-13-18(16)20(3,4)5;4*1-15(2,3)13-9-10-14(16-11-13)12-7-5-4-6-8-12;1-16(2,3)13-9-10-14(15-11-13)12-7-5-4-6-8-12;;;;/h4-10,12-15H,1-3H3;4-6,11,13-15H,7-10H2,1-3H3;6-9,12-14H,11H2,1-5H3;5*4-7,9-11H,1-3H3;;;;/q8*-1;;;;. The Balaban J connectivity index is 0.000000227. The van der Waals surface area contributed by atoms with Gasteiger partial charge in [0.2, 0.25) is 0 Å². The molecule has 0 amide bonds. The molecule has 1 aliphatic carbocycles. The van der Waals surface area contributed by atoms with Crippen LogP contribution in [0.25, 0.3) is 101 Å². The van der Waals surface area contributed by atoms with Gasteiger partial charge in [-0.1, -0.05) is 183 Å². The minimum absolute atomic E-state index is 0. The third kappa shape index (κ3) is 40.4. The molecule has 18 rings (SSSR count). The molecule has 8 heterocycles. The number of nitrogens with zero attached hydrogens (tertiary/aromatic N) is 8. The summed E-state index contributed by atoms with van der Waals surface area (Å²) < 4.78 is 5.78. The summed E-state index contributed by atoms with van der Waals surface area (Å²) in [5.41, 5.74) is 22.2. The molecule has 1 aliphatic rings. The van der Waals surface area contributed by atoms with E-state index in [-0.39, 0.29) is 80.4 Å². The molecule has 0 unspecified atom stereocenters. The first-order valence-corrected chi connectivity index (χ1v) is 93.9. The maximum Gasteiger partial charge on any atom is 0 e. The Morgan fingerprint density at radius 3 is 0.776 bits per heavy atom. The molecule has 9 aromatic carbocycles. The van der Waals surface area contributed by atoms with Crippen LogP contribution in [0.2, 0.25) is 148 Å². The fourth-order valence-corrected chi connectivity index (χ4v) is 30.0. The molecule has 0 N–H and O–H groups in total. The Kier molecular flexibility index (Phi) is 50.6. The van der Waals surface area contributed by atoms with Crippen LogP contribution in [-0.2, 0) is 86.8 Å². The fraction of sp³-hybridized carbons (Fsp3) is 0.260. The van der Waals surface area contributed by atoms with Crippen LogP contribution >= 0.6 is 0 Å². The van der Waals surface area contributed by atoms with E-state index in [0.29, 0.717) is 5.92 Å². The first-order chi connectivity index (χ1) is 67.8. The quantitative estimate of drug-likeness (QED) is 0.0549. The van der Waals surface area contributed by atoms with E-state index in [2.05, 4.69) is 397 Å². The Labute approximate surface area is 952 Å². The minimum atomic E-state index is -1.72. The molecular formula is C127H148Ge4Ir4N8Si4-8. The summed E-state index contributed by atoms with van der Waals surface area (Å²) in [6.45, 7) is 33.0. The fourth-order valence-electron chi connectivity index (χ4n) is 16.0. The van der Waals surface area contributed by atoms with E-state index in [1.165, 1.54) is 75.5 Å². The van der Waals surface area contributed by atoms with Crippen molar-refractivity contribution in [3.63, 3.8) is 0 Å². The normalized spacial score (nSPS) is 11.9. The molecule has 0 bridgehead atoms. The second kappa shape index (κ2) is 59.2. The summed E-state index contributed by atoms with van der Waals surface area (Å²) in [6, 6.07) is 129. The molecule has 1 fully saturated rings. The zero-order valence-electron chi connectivity index (χ0n) is 91.1. The average molecular weight is 2960 g/mol. The summed E-state index contributed by atoms with van der Waals surface area (Å²) >= 11 is -6.86. The molecule has 20 heteroatoms. The predicted octanol–water partition coefficient (Wildman–Crippen LogP) is 29.3. The Bertz CT molecular complexity index is 6150. The Morgan fingerprint density at radius 1 is 0.252 bits per heavy atom. The Hall–Kier alpha value is -8.18. The molecule has 4 radical (unpaired) electrons. The van der Waals surface area contributed by atoms with Crippen LogP contribution in [-0.4, -0.2) is 125 Å². The maximum atomic E-state index is 4.75. The van der Waals surface area contributed by atoms with Crippen molar-refractivity contribution in [3.8, 4) is 101 Å². The van der Waals surface area contributed by atoms with Gasteiger partial charge in [-0.15, -0.1) is 143 Å². The van der Waals surface area contributed by atoms with Gasteiger partial charge in [-0.2, -0.15) is 0 Å². The van der Waals surface area contributed by atoms with Crippen LogP contribution in [0.4, 0.5) is 0 Å². The summed E-state index contributed by atoms with van der Waals surface area (Å²) in [6.07, 6.45) is 23.1. The van der Waals surface area contributed by atoms with Crippen LogP contribution in [0.3, 0.4) is 0 Å². The molecule has 8 aromatic heterocycles. The summed E-state index contributed by atoms with van der Waals surface area (Å²) in [5, 5.41) is 5.82. The molecule has 1 saturated carbocycles. The van der Waals surface area contributed by atoms with Gasteiger partial charge in [0, 0.05) is 105 Å². The maximum absolute atomic E-state index is 4.75. The molecular weight excluding hydrogens is 2810 g/mol. The van der Waals surface area contributed by atoms with Crippen molar-refractivity contribution in [1.82, 2.24) is 39.9 Å². The van der Waals surface area contributed by atoms with Crippen molar-refractivity contribution < 1.29 is 80.4 Å². The number of rotatable bonds is 20. The van der Waals surface area contributed by atoms with Crippen LogP contribution < -0.4 is 38.3 Å². The first kappa shape index (κ1) is 126. The van der Waals surface area contributed by atoms with E-state index in [9.17, 15) is 0 Å². The van der Waals surface area contributed by atoms with E-state index in [1.54, 1.807) is 10.8 Å². The summed E-state index contributed by atoms with van der Waals surface area (Å²) in [7, 11) is -5.21. The number of aromatic nitrogens is 8. The van der Waals surface area contributed by atoms with Crippen molar-refractivity contribution in [1.29, 1.82) is 0 Å². The monoisotopic (exact) mass is 2960 g/mol. The first-order valence-electron chi connectivity index (χ1n) is 50.5. The molecule has 147 heavy (non-hydrogen) atoms. The second-order valence-corrected chi connectivity index (χ2v) is 108. The van der Waals surface area contributed by atoms with Gasteiger partial charge in [0.1, 0.15) is 0 Å². The number of hydrogen-bond acceptors (Lipinski definition) is 8. The average Bonchev–Trinajstić information content (AvgIpc) is 1.74. The molecule has 0 atom stereocenters. The van der Waals surface area contributed by atoms with Gasteiger partial charge in [0.05, 0.1) is 32.3 Å². The van der Waals surface area contributed by atoms with Crippen molar-refractivity contribution in [2.75, 3.05) is 0 Å². The van der Waals surface area contributed by atoms with Crippen molar-refractivity contribution in [2.45, 2.75) is 200 Å². The molecule has 0 spiro atoms. The van der Waals surface area contributed by atoms with E-state index >= 15 is 0 Å². The molecule has 0 saturated heterocycles. The van der Waals surface area contributed by atoms with Crippen molar-refractivity contribution >= 4 is 124 Å². The van der Waals surface area contributed by atoms with Gasteiger partial charge in [-0.25, -0.2) is 0 Å². The molecule has 17 aromatic rings. The summed E-state index contributed by atoms with van der Waals surface area (Å²) in [5.74, 6) is 30.0. The van der Waals surface area contributed by atoms with Gasteiger partial charge < -0.3 is 19.9 Å². The SMILES string of the molecule is CC(C)Cc1cc(-c2[c-]cccc2)ncc1[Si](C)(C)C.C[Si](C)(C)c1ccc(-c2[c-]ccc(-c3ccccc3)c2)nc1.C[Si](C)(C)c1ccc(-c2[c-]cccc2)nc1.C[Si](C)(C)c1cnc(-c2[c-]cccc2)cc1C1CCCC1.[CH3][Ge]([CH3])([CH3])[c]1ccc(-c2[c-]cccc2)nc1.[CH3][Ge]([CH3])([CH3])[c]1ccc(-c2[c-]cccc2)nc1.[CH3][Ge]([CH3])([CH3])[c]1ccc(-c2[c-]cccc2)nc1.[CH3][Ge]([CH3])([CH3])[c]1ccc(-c2[c-]cccc2)nc1.[Ir].[Ir].[Ir].[Ir]. The van der Waals surface area contributed by atoms with Crippen LogP contribution in [0.1, 0.15) is 56.6 Å². The molecule has 8 nitrogen and oxygen atoms in total. The predicted molar refractivity (Wildman–Crippen MR) is 637 cm³/mol. The largest absolute Gasteiger partial charge is 0 e. The van der Waals surface area contributed by atoms with E-state index in [0.717, 1.165) is 102 Å². The third-order valence-corrected chi connectivity index (χ3v) is 50.0. The van der Waals surface area contributed by atoms with Crippen LogP contribution in [0.5, 0.6) is 0 Å². The van der Waals surface area contributed by atoms with Crippen molar-refractivity contribution in [2.24, 2.45) is 5.92 Å².